The van der Waals surface area contributed by atoms with Crippen LogP contribution in [-0.2, 0) is 4.79 Å². The number of nitrogens with zero attached hydrogens (tertiary/aromatic N) is 1. The number of hydrogen-bond donors (Lipinski definition) is 1. The van der Waals surface area contributed by atoms with Crippen molar-refractivity contribution in [1.29, 1.82) is 0 Å². The molecule has 1 aliphatic heterocycles. The number of benzene rings is 2. The molecule has 0 radical (unpaired) electrons. The van der Waals surface area contributed by atoms with Crippen LogP contribution in [0.4, 0.5) is 0 Å². The first-order valence-electron chi connectivity index (χ1n) is 10.2. The minimum absolute atomic E-state index is 0.0421. The molecule has 30 heavy (non-hydrogen) atoms. The lowest BCUT2D eigenvalue weighted by Crippen LogP contribution is -2.30. The largest absolute Gasteiger partial charge is 0.493 e. The standard InChI is InChI=1S/C24H26N2O4/c1-15(2)30-21-8-6-16(12-23(21)28-3)17-11-20-19(5-4-10-25-20)22(13-17)29-14-18-7-9-24(27)26-18/h4-6,8,10-13,15,18H,7,9,14H2,1-3H3,(H,26,27)/t18-/m1/s1. The molecule has 0 spiro atoms. The Morgan fingerprint density at radius 3 is 2.67 bits per heavy atom. The van der Waals surface area contributed by atoms with Gasteiger partial charge in [0.25, 0.3) is 0 Å². The van der Waals surface area contributed by atoms with Crippen molar-refractivity contribution in [2.75, 3.05) is 13.7 Å². The molecule has 1 amide bonds. The highest BCUT2D eigenvalue weighted by Gasteiger charge is 2.21. The zero-order valence-corrected chi connectivity index (χ0v) is 17.5. The van der Waals surface area contributed by atoms with Gasteiger partial charge in [-0.05, 0) is 67.8 Å². The zero-order chi connectivity index (χ0) is 21.1. The van der Waals surface area contributed by atoms with E-state index in [1.807, 2.05) is 56.3 Å². The molecule has 1 saturated heterocycles. The Balaban J connectivity index is 1.68. The van der Waals surface area contributed by atoms with Gasteiger partial charge >= 0.3 is 0 Å². The highest BCUT2D eigenvalue weighted by atomic mass is 16.5. The summed E-state index contributed by atoms with van der Waals surface area (Å²) in [5.41, 5.74) is 2.80. The molecular formula is C24H26N2O4. The predicted molar refractivity (Wildman–Crippen MR) is 116 cm³/mol. The molecule has 0 saturated carbocycles. The number of pyridine rings is 1. The maximum Gasteiger partial charge on any atom is 0.220 e. The lowest BCUT2D eigenvalue weighted by Gasteiger charge is -2.16. The van der Waals surface area contributed by atoms with Gasteiger partial charge in [-0.3, -0.25) is 9.78 Å². The van der Waals surface area contributed by atoms with E-state index in [1.54, 1.807) is 13.3 Å². The monoisotopic (exact) mass is 406 g/mol. The molecule has 0 unspecified atom stereocenters. The van der Waals surface area contributed by atoms with Crippen LogP contribution in [0, 0.1) is 0 Å². The molecule has 0 aliphatic carbocycles. The number of carbonyl (C=O) groups is 1. The van der Waals surface area contributed by atoms with Crippen molar-refractivity contribution in [1.82, 2.24) is 10.3 Å². The summed E-state index contributed by atoms with van der Waals surface area (Å²) in [6, 6.07) is 13.9. The average molecular weight is 406 g/mol. The number of fused-ring (bicyclic) bond motifs is 1. The number of amides is 1. The number of aromatic nitrogens is 1. The van der Waals surface area contributed by atoms with Gasteiger partial charge in [-0.25, -0.2) is 0 Å². The van der Waals surface area contributed by atoms with E-state index in [9.17, 15) is 4.79 Å². The lowest BCUT2D eigenvalue weighted by atomic mass is 10.0. The number of nitrogens with one attached hydrogen (secondary N) is 1. The van der Waals surface area contributed by atoms with Crippen molar-refractivity contribution in [3.8, 4) is 28.4 Å². The van der Waals surface area contributed by atoms with Crippen molar-refractivity contribution >= 4 is 16.8 Å². The third kappa shape index (κ3) is 4.32. The van der Waals surface area contributed by atoms with Crippen molar-refractivity contribution in [3.05, 3.63) is 48.7 Å². The van der Waals surface area contributed by atoms with Gasteiger partial charge in [0, 0.05) is 18.0 Å². The minimum Gasteiger partial charge on any atom is -0.493 e. The zero-order valence-electron chi connectivity index (χ0n) is 17.5. The summed E-state index contributed by atoms with van der Waals surface area (Å²) in [5, 5.41) is 3.89. The third-order valence-electron chi connectivity index (χ3n) is 5.07. The van der Waals surface area contributed by atoms with Crippen molar-refractivity contribution in [2.45, 2.75) is 38.8 Å². The Bertz CT molecular complexity index is 1060. The Labute approximate surface area is 176 Å². The molecule has 3 aromatic rings. The first-order valence-corrected chi connectivity index (χ1v) is 10.2. The fourth-order valence-corrected chi connectivity index (χ4v) is 3.63. The van der Waals surface area contributed by atoms with Gasteiger partial charge in [0.1, 0.15) is 12.4 Å². The normalized spacial score (nSPS) is 16.0. The van der Waals surface area contributed by atoms with Crippen LogP contribution in [0.2, 0.25) is 0 Å². The highest BCUT2D eigenvalue weighted by molar-refractivity contribution is 5.90. The summed E-state index contributed by atoms with van der Waals surface area (Å²) in [4.78, 5) is 16.0. The van der Waals surface area contributed by atoms with Gasteiger partial charge in [-0.1, -0.05) is 6.07 Å². The fraction of sp³-hybridized carbons (Fsp3) is 0.333. The van der Waals surface area contributed by atoms with Crippen molar-refractivity contribution in [3.63, 3.8) is 0 Å². The quantitative estimate of drug-likeness (QED) is 0.632. The van der Waals surface area contributed by atoms with E-state index in [0.717, 1.165) is 34.2 Å². The Hall–Kier alpha value is -3.28. The SMILES string of the molecule is COc1cc(-c2cc(OC[C@H]3CCC(=O)N3)c3cccnc3c2)ccc1OC(C)C. The highest BCUT2D eigenvalue weighted by Crippen LogP contribution is 2.36. The Kier molecular flexibility index (Phi) is 5.74. The number of ether oxygens (including phenoxy) is 3. The number of rotatable bonds is 7. The second-order valence-electron chi connectivity index (χ2n) is 7.69. The number of methoxy groups -OCH3 is 1. The van der Waals surface area contributed by atoms with Gasteiger partial charge in [0.05, 0.1) is 24.8 Å². The second kappa shape index (κ2) is 8.61. The van der Waals surface area contributed by atoms with Gasteiger partial charge in [0.2, 0.25) is 5.91 Å². The summed E-state index contributed by atoms with van der Waals surface area (Å²) in [7, 11) is 1.64. The summed E-state index contributed by atoms with van der Waals surface area (Å²) in [6.07, 6.45) is 3.18. The first kappa shape index (κ1) is 20.0. The summed E-state index contributed by atoms with van der Waals surface area (Å²) in [5.74, 6) is 2.22. The maximum atomic E-state index is 11.5. The van der Waals surface area contributed by atoms with E-state index in [1.165, 1.54) is 0 Å². The molecule has 1 N–H and O–H groups in total. The smallest absolute Gasteiger partial charge is 0.220 e. The van der Waals surface area contributed by atoms with E-state index in [2.05, 4.69) is 10.3 Å². The molecule has 1 fully saturated rings. The molecule has 156 valence electrons. The van der Waals surface area contributed by atoms with Crippen LogP contribution >= 0.6 is 0 Å². The Morgan fingerprint density at radius 2 is 1.93 bits per heavy atom. The molecule has 4 rings (SSSR count). The van der Waals surface area contributed by atoms with Crippen LogP contribution in [-0.4, -0.2) is 36.8 Å². The molecule has 2 aromatic carbocycles. The lowest BCUT2D eigenvalue weighted by molar-refractivity contribution is -0.119. The fourth-order valence-electron chi connectivity index (χ4n) is 3.63. The van der Waals surface area contributed by atoms with Crippen LogP contribution in [0.25, 0.3) is 22.0 Å². The van der Waals surface area contributed by atoms with Crippen LogP contribution in [0.1, 0.15) is 26.7 Å². The van der Waals surface area contributed by atoms with Crippen molar-refractivity contribution < 1.29 is 19.0 Å². The van der Waals surface area contributed by atoms with Gasteiger partial charge in [-0.15, -0.1) is 0 Å². The van der Waals surface area contributed by atoms with Crippen molar-refractivity contribution in [2.24, 2.45) is 0 Å². The predicted octanol–water partition coefficient (Wildman–Crippen LogP) is 4.36. The first-order chi connectivity index (χ1) is 14.5. The summed E-state index contributed by atoms with van der Waals surface area (Å²) < 4.78 is 17.5. The summed E-state index contributed by atoms with van der Waals surface area (Å²) in [6.45, 7) is 4.40. The van der Waals surface area contributed by atoms with E-state index in [-0.39, 0.29) is 18.1 Å². The third-order valence-corrected chi connectivity index (χ3v) is 5.07. The Morgan fingerprint density at radius 1 is 1.10 bits per heavy atom. The molecule has 6 nitrogen and oxygen atoms in total. The van der Waals surface area contributed by atoms with Crippen LogP contribution in [0.5, 0.6) is 17.2 Å². The molecule has 0 bridgehead atoms. The molecule has 1 aromatic heterocycles. The van der Waals surface area contributed by atoms with E-state index in [0.29, 0.717) is 24.5 Å². The average Bonchev–Trinajstić information content (AvgIpc) is 3.16. The molecule has 6 heteroatoms. The van der Waals surface area contributed by atoms with E-state index >= 15 is 0 Å². The topological polar surface area (TPSA) is 69.7 Å². The molecule has 1 aliphatic rings. The minimum atomic E-state index is 0.0421. The van der Waals surface area contributed by atoms with E-state index < -0.39 is 0 Å². The second-order valence-corrected chi connectivity index (χ2v) is 7.69. The number of hydrogen-bond acceptors (Lipinski definition) is 5. The van der Waals surface area contributed by atoms with Crippen LogP contribution < -0.4 is 19.5 Å². The van der Waals surface area contributed by atoms with Gasteiger partial charge < -0.3 is 19.5 Å². The van der Waals surface area contributed by atoms with Gasteiger partial charge in [0.15, 0.2) is 11.5 Å². The van der Waals surface area contributed by atoms with Gasteiger partial charge in [-0.2, -0.15) is 0 Å². The van der Waals surface area contributed by atoms with Crippen LogP contribution in [0.15, 0.2) is 48.7 Å². The molecular weight excluding hydrogens is 380 g/mol. The maximum absolute atomic E-state index is 11.5. The molecule has 1 atom stereocenters. The summed E-state index contributed by atoms with van der Waals surface area (Å²) >= 11 is 0. The van der Waals surface area contributed by atoms with E-state index in [4.69, 9.17) is 14.2 Å². The number of carbonyl (C=O) groups excluding carboxylic acids is 1. The molecule has 2 heterocycles. The van der Waals surface area contributed by atoms with Crippen LogP contribution in [0.3, 0.4) is 0 Å².